The van der Waals surface area contributed by atoms with E-state index in [-0.39, 0.29) is 23.9 Å². The third kappa shape index (κ3) is 8.97. The summed E-state index contributed by atoms with van der Waals surface area (Å²) in [7, 11) is 0. The first kappa shape index (κ1) is 20.0. The topological polar surface area (TPSA) is 58.2 Å². The van der Waals surface area contributed by atoms with E-state index in [0.717, 1.165) is 57.8 Å². The molecule has 1 aliphatic carbocycles. The van der Waals surface area contributed by atoms with Crippen molar-refractivity contribution >= 4 is 11.8 Å². The normalized spacial score (nSPS) is 21.0. The molecule has 2 N–H and O–H groups in total. The van der Waals surface area contributed by atoms with Gasteiger partial charge in [-0.2, -0.15) is 0 Å². The molecule has 2 atom stereocenters. The van der Waals surface area contributed by atoms with Crippen molar-refractivity contribution in [3.05, 3.63) is 0 Å². The number of carbonyl (C=O) groups excluding carboxylic acids is 2. The van der Waals surface area contributed by atoms with E-state index < -0.39 is 0 Å². The van der Waals surface area contributed by atoms with Gasteiger partial charge in [0.25, 0.3) is 0 Å². The minimum absolute atomic E-state index is 0.123. The highest BCUT2D eigenvalue weighted by Gasteiger charge is 2.27. The molecule has 0 spiro atoms. The maximum Gasteiger partial charge on any atom is 0.220 e. The van der Waals surface area contributed by atoms with Gasteiger partial charge in [-0.3, -0.25) is 9.59 Å². The average molecular weight is 325 g/mol. The number of nitrogens with one attached hydrogen (secondary N) is 2. The van der Waals surface area contributed by atoms with Gasteiger partial charge >= 0.3 is 0 Å². The maximum atomic E-state index is 12.1. The van der Waals surface area contributed by atoms with Crippen LogP contribution in [0.25, 0.3) is 0 Å². The third-order valence-corrected chi connectivity index (χ3v) is 4.72. The smallest absolute Gasteiger partial charge is 0.220 e. The number of amides is 2. The number of unbranched alkanes of at least 4 members (excludes halogenated alkanes) is 5. The first-order valence-corrected chi connectivity index (χ1v) is 9.76. The third-order valence-electron chi connectivity index (χ3n) is 4.72. The summed E-state index contributed by atoms with van der Waals surface area (Å²) in [6, 6.07) is 0.245. The second kappa shape index (κ2) is 12.4. The van der Waals surface area contributed by atoms with Gasteiger partial charge in [0, 0.05) is 24.9 Å². The second-order valence-electron chi connectivity index (χ2n) is 6.90. The van der Waals surface area contributed by atoms with E-state index in [1.165, 1.54) is 12.8 Å². The van der Waals surface area contributed by atoms with Crippen LogP contribution in [-0.2, 0) is 9.59 Å². The van der Waals surface area contributed by atoms with Gasteiger partial charge in [0.2, 0.25) is 11.8 Å². The fourth-order valence-electron chi connectivity index (χ4n) is 3.28. The summed E-state index contributed by atoms with van der Waals surface area (Å²) in [5.41, 5.74) is 0. The molecular weight excluding hydrogens is 288 g/mol. The summed E-state index contributed by atoms with van der Waals surface area (Å²) in [4.78, 5) is 24.1. The number of carbonyl (C=O) groups is 2. The highest BCUT2D eigenvalue weighted by Crippen LogP contribution is 2.19. The molecule has 0 radical (unpaired) electrons. The molecule has 4 nitrogen and oxygen atoms in total. The van der Waals surface area contributed by atoms with Crippen LogP contribution in [0.5, 0.6) is 0 Å². The van der Waals surface area contributed by atoms with Crippen LogP contribution in [0, 0.1) is 0 Å². The van der Waals surface area contributed by atoms with Crippen molar-refractivity contribution in [1.29, 1.82) is 0 Å². The summed E-state index contributed by atoms with van der Waals surface area (Å²) in [6.07, 6.45) is 13.2. The molecule has 0 aromatic carbocycles. The summed E-state index contributed by atoms with van der Waals surface area (Å²) in [5.74, 6) is 0.297. The van der Waals surface area contributed by atoms with Crippen LogP contribution in [0.15, 0.2) is 0 Å². The Morgan fingerprint density at radius 3 is 1.65 bits per heavy atom. The van der Waals surface area contributed by atoms with E-state index in [9.17, 15) is 9.59 Å². The van der Waals surface area contributed by atoms with Gasteiger partial charge in [-0.15, -0.1) is 0 Å². The van der Waals surface area contributed by atoms with E-state index in [1.807, 2.05) is 0 Å². The van der Waals surface area contributed by atoms with Crippen LogP contribution >= 0.6 is 0 Å². The first-order chi connectivity index (χ1) is 11.2. The van der Waals surface area contributed by atoms with Gasteiger partial charge in [0.05, 0.1) is 0 Å². The van der Waals surface area contributed by atoms with Crippen LogP contribution in [0.4, 0.5) is 0 Å². The van der Waals surface area contributed by atoms with Crippen molar-refractivity contribution in [1.82, 2.24) is 10.6 Å². The summed E-state index contributed by atoms with van der Waals surface area (Å²) in [5, 5.41) is 6.32. The average Bonchev–Trinajstić information content (AvgIpc) is 2.54. The molecule has 0 aromatic rings. The molecule has 1 aliphatic rings. The fourth-order valence-corrected chi connectivity index (χ4v) is 3.28. The quantitative estimate of drug-likeness (QED) is 0.563. The Hall–Kier alpha value is -1.06. The predicted octanol–water partition coefficient (Wildman–Crippen LogP) is 4.08. The monoisotopic (exact) mass is 324 g/mol. The molecule has 23 heavy (non-hydrogen) atoms. The number of hydrogen-bond acceptors (Lipinski definition) is 2. The molecule has 4 heteroatoms. The highest BCUT2D eigenvalue weighted by atomic mass is 16.2. The van der Waals surface area contributed by atoms with Gasteiger partial charge in [-0.25, -0.2) is 0 Å². The maximum absolute atomic E-state index is 12.1. The van der Waals surface area contributed by atoms with Gasteiger partial charge < -0.3 is 10.6 Å². The number of rotatable bonds is 11. The van der Waals surface area contributed by atoms with Crippen LogP contribution in [-0.4, -0.2) is 23.9 Å². The van der Waals surface area contributed by atoms with Crippen molar-refractivity contribution < 1.29 is 9.59 Å². The highest BCUT2D eigenvalue weighted by molar-refractivity contribution is 5.77. The Kier molecular flexibility index (Phi) is 10.8. The van der Waals surface area contributed by atoms with Crippen molar-refractivity contribution in [2.24, 2.45) is 0 Å². The number of hydrogen-bond donors (Lipinski definition) is 2. The standard InChI is InChI=1S/C19H36N2O2/c1-3-5-7-9-15-19(23)21-17-13-11-10-12-16(17)20-18(22)14-8-6-4-2/h16-17H,3-15H2,1-2H3,(H,20,22)(H,21,23)/t16-,17-/m1/s1. The van der Waals surface area contributed by atoms with Gasteiger partial charge in [0.1, 0.15) is 0 Å². The molecule has 0 aromatic heterocycles. The Morgan fingerprint density at radius 2 is 1.17 bits per heavy atom. The lowest BCUT2D eigenvalue weighted by molar-refractivity contribution is -0.125. The van der Waals surface area contributed by atoms with Gasteiger partial charge in [-0.1, -0.05) is 58.8 Å². The minimum Gasteiger partial charge on any atom is -0.351 e. The first-order valence-electron chi connectivity index (χ1n) is 9.76. The van der Waals surface area contributed by atoms with E-state index in [4.69, 9.17) is 0 Å². The summed E-state index contributed by atoms with van der Waals surface area (Å²) >= 11 is 0. The SMILES string of the molecule is CCCCCCC(=O)N[C@@H]1CCCC[C@H]1NC(=O)CCCCC. The lowest BCUT2D eigenvalue weighted by Gasteiger charge is -2.33. The molecule has 2 amide bonds. The Bertz CT molecular complexity index is 344. The zero-order chi connectivity index (χ0) is 16.9. The van der Waals surface area contributed by atoms with Crippen molar-refractivity contribution in [2.75, 3.05) is 0 Å². The molecule has 134 valence electrons. The molecule has 0 saturated heterocycles. The molecule has 1 rings (SSSR count). The largest absolute Gasteiger partial charge is 0.351 e. The fraction of sp³-hybridized carbons (Fsp3) is 0.895. The van der Waals surface area contributed by atoms with Gasteiger partial charge in [-0.05, 0) is 25.7 Å². The van der Waals surface area contributed by atoms with E-state index in [0.29, 0.717) is 12.8 Å². The molecule has 1 saturated carbocycles. The molecule has 0 heterocycles. The van der Waals surface area contributed by atoms with Gasteiger partial charge in [0.15, 0.2) is 0 Å². The molecule has 0 bridgehead atoms. The van der Waals surface area contributed by atoms with E-state index >= 15 is 0 Å². The minimum atomic E-state index is 0.123. The van der Waals surface area contributed by atoms with E-state index in [1.54, 1.807) is 0 Å². The second-order valence-corrected chi connectivity index (χ2v) is 6.90. The van der Waals surface area contributed by atoms with Crippen molar-refractivity contribution in [3.63, 3.8) is 0 Å². The Balaban J connectivity index is 2.32. The summed E-state index contributed by atoms with van der Waals surface area (Å²) in [6.45, 7) is 4.32. The zero-order valence-corrected chi connectivity index (χ0v) is 15.2. The van der Waals surface area contributed by atoms with Crippen molar-refractivity contribution in [2.45, 2.75) is 109 Å². The Labute approximate surface area is 142 Å². The lowest BCUT2D eigenvalue weighted by atomic mass is 9.90. The van der Waals surface area contributed by atoms with Crippen LogP contribution in [0.2, 0.25) is 0 Å². The predicted molar refractivity (Wildman–Crippen MR) is 95.2 cm³/mol. The zero-order valence-electron chi connectivity index (χ0n) is 15.2. The lowest BCUT2D eigenvalue weighted by Crippen LogP contribution is -2.53. The van der Waals surface area contributed by atoms with Crippen molar-refractivity contribution in [3.8, 4) is 0 Å². The molecular formula is C19H36N2O2. The molecule has 0 aliphatic heterocycles. The molecule has 0 unspecified atom stereocenters. The Morgan fingerprint density at radius 1 is 0.739 bits per heavy atom. The summed E-state index contributed by atoms with van der Waals surface area (Å²) < 4.78 is 0. The van der Waals surface area contributed by atoms with Crippen LogP contribution in [0.1, 0.15) is 97.3 Å². The van der Waals surface area contributed by atoms with E-state index in [2.05, 4.69) is 24.5 Å². The van der Waals surface area contributed by atoms with Crippen LogP contribution < -0.4 is 10.6 Å². The van der Waals surface area contributed by atoms with Crippen LogP contribution in [0.3, 0.4) is 0 Å². The molecule has 1 fully saturated rings.